The Balaban J connectivity index is 1.97. The van der Waals surface area contributed by atoms with E-state index in [4.69, 9.17) is 10.00 Å². The molecule has 2 aromatic carbocycles. The first-order valence-electron chi connectivity index (χ1n) is 6.66. The summed E-state index contributed by atoms with van der Waals surface area (Å²) < 4.78 is 5.10. The molecule has 1 aromatic heterocycles. The lowest BCUT2D eigenvalue weighted by molar-refractivity contribution is 0.181. The van der Waals surface area contributed by atoms with Gasteiger partial charge in [-0.25, -0.2) is 4.98 Å². The van der Waals surface area contributed by atoms with E-state index in [2.05, 4.69) is 41.4 Å². The molecular weight excluding hydrogens is 280 g/mol. The van der Waals surface area contributed by atoms with Gasteiger partial charge in [0.2, 0.25) is 0 Å². The number of benzene rings is 2. The van der Waals surface area contributed by atoms with E-state index >= 15 is 0 Å². The van der Waals surface area contributed by atoms with Crippen LogP contribution in [0.15, 0.2) is 42.5 Å². The highest BCUT2D eigenvalue weighted by Gasteiger charge is 2.12. The molecule has 104 valence electrons. The van der Waals surface area contributed by atoms with Crippen molar-refractivity contribution in [2.24, 2.45) is 0 Å². The number of methoxy groups -OCH3 is 1. The minimum atomic E-state index is 0.384. The zero-order valence-corrected chi connectivity index (χ0v) is 12.5. The number of ether oxygens (including phenoxy) is 1. The minimum Gasteiger partial charge on any atom is -0.378 e. The van der Waals surface area contributed by atoms with Crippen LogP contribution < -0.4 is 0 Å². The number of hydrogen-bond acceptors (Lipinski definition) is 4. The molecule has 0 aliphatic carbocycles. The van der Waals surface area contributed by atoms with Gasteiger partial charge in [-0.15, -0.1) is 11.3 Å². The molecule has 0 saturated carbocycles. The molecular formula is C17H14N2OS. The average molecular weight is 294 g/mol. The van der Waals surface area contributed by atoms with Crippen LogP contribution in [0.3, 0.4) is 0 Å². The third-order valence-corrected chi connectivity index (χ3v) is 4.35. The Bertz CT molecular complexity index is 812. The Kier molecular flexibility index (Phi) is 3.96. The van der Waals surface area contributed by atoms with Gasteiger partial charge in [0.1, 0.15) is 10.9 Å². The molecule has 0 saturated heterocycles. The lowest BCUT2D eigenvalue weighted by atomic mass is 10.0. The molecule has 3 nitrogen and oxygen atoms in total. The number of hydrogen-bond donors (Lipinski definition) is 0. The molecule has 3 aromatic rings. The van der Waals surface area contributed by atoms with Gasteiger partial charge in [0, 0.05) is 13.5 Å². The summed E-state index contributed by atoms with van der Waals surface area (Å²) in [6.45, 7) is 0.384. The number of nitriles is 1. The molecule has 0 aliphatic rings. The summed E-state index contributed by atoms with van der Waals surface area (Å²) in [5, 5.41) is 12.6. The standard InChI is InChI=1S/C17H14N2OS/c1-20-11-15-16(10-18)21-17(19-15)9-13-7-4-6-12-5-2-3-8-14(12)13/h2-8H,9,11H2,1H3. The fourth-order valence-electron chi connectivity index (χ4n) is 2.41. The first kappa shape index (κ1) is 13.7. The van der Waals surface area contributed by atoms with Crippen molar-refractivity contribution in [2.45, 2.75) is 13.0 Å². The maximum Gasteiger partial charge on any atom is 0.130 e. The lowest BCUT2D eigenvalue weighted by Gasteiger charge is -2.04. The molecule has 3 rings (SSSR count). The van der Waals surface area contributed by atoms with Crippen LogP contribution in [0.25, 0.3) is 10.8 Å². The van der Waals surface area contributed by atoms with Gasteiger partial charge in [0.15, 0.2) is 0 Å². The highest BCUT2D eigenvalue weighted by molar-refractivity contribution is 7.12. The van der Waals surface area contributed by atoms with Gasteiger partial charge >= 0.3 is 0 Å². The Morgan fingerprint density at radius 1 is 1.19 bits per heavy atom. The van der Waals surface area contributed by atoms with E-state index in [1.54, 1.807) is 7.11 Å². The Labute approximate surface area is 127 Å². The summed E-state index contributed by atoms with van der Waals surface area (Å²) in [5.41, 5.74) is 1.97. The van der Waals surface area contributed by atoms with Crippen molar-refractivity contribution in [3.8, 4) is 6.07 Å². The van der Waals surface area contributed by atoms with Crippen LogP contribution in [0.1, 0.15) is 21.1 Å². The topological polar surface area (TPSA) is 45.9 Å². The van der Waals surface area contributed by atoms with E-state index in [-0.39, 0.29) is 0 Å². The van der Waals surface area contributed by atoms with E-state index in [1.165, 1.54) is 27.7 Å². The van der Waals surface area contributed by atoms with Crippen molar-refractivity contribution in [3.05, 3.63) is 63.6 Å². The molecule has 0 unspecified atom stereocenters. The van der Waals surface area contributed by atoms with E-state index in [0.717, 1.165) is 17.1 Å². The zero-order chi connectivity index (χ0) is 14.7. The maximum absolute atomic E-state index is 9.16. The summed E-state index contributed by atoms with van der Waals surface area (Å²) in [5.74, 6) is 0. The summed E-state index contributed by atoms with van der Waals surface area (Å²) in [6, 6.07) is 16.8. The summed E-state index contributed by atoms with van der Waals surface area (Å²) in [4.78, 5) is 5.19. The first-order valence-corrected chi connectivity index (χ1v) is 7.47. The Morgan fingerprint density at radius 2 is 2.00 bits per heavy atom. The quantitative estimate of drug-likeness (QED) is 0.733. The minimum absolute atomic E-state index is 0.384. The monoisotopic (exact) mass is 294 g/mol. The fourth-order valence-corrected chi connectivity index (χ4v) is 3.30. The summed E-state index contributed by atoms with van der Waals surface area (Å²) in [6.07, 6.45) is 0.740. The molecule has 21 heavy (non-hydrogen) atoms. The SMILES string of the molecule is COCc1nc(Cc2cccc3ccccc23)sc1C#N. The molecule has 0 aliphatic heterocycles. The van der Waals surface area contributed by atoms with Gasteiger partial charge in [0.25, 0.3) is 0 Å². The van der Waals surface area contributed by atoms with Crippen LogP contribution in [0.2, 0.25) is 0 Å². The predicted molar refractivity (Wildman–Crippen MR) is 84.3 cm³/mol. The van der Waals surface area contributed by atoms with Gasteiger partial charge in [-0.05, 0) is 16.3 Å². The van der Waals surface area contributed by atoms with Crippen molar-refractivity contribution < 1.29 is 4.74 Å². The summed E-state index contributed by atoms with van der Waals surface area (Å²) >= 11 is 1.45. The third kappa shape index (κ3) is 2.80. The van der Waals surface area contributed by atoms with Crippen LogP contribution >= 0.6 is 11.3 Å². The van der Waals surface area contributed by atoms with E-state index < -0.39 is 0 Å². The van der Waals surface area contributed by atoms with Crippen molar-refractivity contribution >= 4 is 22.1 Å². The molecule has 0 radical (unpaired) electrons. The number of thiazole rings is 1. The number of nitrogens with zero attached hydrogens (tertiary/aromatic N) is 2. The van der Waals surface area contributed by atoms with Gasteiger partial charge in [-0.3, -0.25) is 0 Å². The van der Waals surface area contributed by atoms with Crippen LogP contribution in [0, 0.1) is 11.3 Å². The second kappa shape index (κ2) is 6.04. The van der Waals surface area contributed by atoms with Gasteiger partial charge in [0.05, 0.1) is 17.3 Å². The highest BCUT2D eigenvalue weighted by atomic mass is 32.1. The molecule has 0 bridgehead atoms. The number of aromatic nitrogens is 1. The van der Waals surface area contributed by atoms with Crippen LogP contribution in [0.4, 0.5) is 0 Å². The van der Waals surface area contributed by atoms with Crippen LogP contribution in [-0.2, 0) is 17.8 Å². The molecule has 0 amide bonds. The van der Waals surface area contributed by atoms with Crippen LogP contribution in [-0.4, -0.2) is 12.1 Å². The smallest absolute Gasteiger partial charge is 0.130 e. The van der Waals surface area contributed by atoms with Crippen molar-refractivity contribution in [2.75, 3.05) is 7.11 Å². The largest absolute Gasteiger partial charge is 0.378 e. The van der Waals surface area contributed by atoms with E-state index in [9.17, 15) is 0 Å². The maximum atomic E-state index is 9.16. The van der Waals surface area contributed by atoms with Gasteiger partial charge in [-0.1, -0.05) is 42.5 Å². The molecule has 0 atom stereocenters. The van der Waals surface area contributed by atoms with Crippen molar-refractivity contribution in [1.82, 2.24) is 4.98 Å². The molecule has 0 fully saturated rings. The Morgan fingerprint density at radius 3 is 2.81 bits per heavy atom. The number of fused-ring (bicyclic) bond motifs is 1. The normalized spacial score (nSPS) is 10.7. The first-order chi connectivity index (χ1) is 10.3. The summed E-state index contributed by atoms with van der Waals surface area (Å²) in [7, 11) is 1.62. The van der Waals surface area contributed by atoms with Gasteiger partial charge in [-0.2, -0.15) is 5.26 Å². The van der Waals surface area contributed by atoms with E-state index in [0.29, 0.717) is 11.5 Å². The number of rotatable bonds is 4. The van der Waals surface area contributed by atoms with Gasteiger partial charge < -0.3 is 4.74 Å². The average Bonchev–Trinajstić information content (AvgIpc) is 2.90. The Hall–Kier alpha value is -2.22. The molecule has 0 spiro atoms. The van der Waals surface area contributed by atoms with Crippen molar-refractivity contribution in [1.29, 1.82) is 5.26 Å². The zero-order valence-electron chi connectivity index (χ0n) is 11.7. The second-order valence-electron chi connectivity index (χ2n) is 4.74. The fraction of sp³-hybridized carbons (Fsp3) is 0.176. The third-order valence-electron chi connectivity index (χ3n) is 3.35. The second-order valence-corrected chi connectivity index (χ2v) is 5.83. The molecule has 4 heteroatoms. The van der Waals surface area contributed by atoms with Crippen molar-refractivity contribution in [3.63, 3.8) is 0 Å². The van der Waals surface area contributed by atoms with Crippen LogP contribution in [0.5, 0.6) is 0 Å². The predicted octanol–water partition coefficient (Wildman–Crippen LogP) is 3.91. The highest BCUT2D eigenvalue weighted by Crippen LogP contribution is 2.25. The molecule has 0 N–H and O–H groups in total. The van der Waals surface area contributed by atoms with E-state index in [1.807, 2.05) is 12.1 Å². The molecule has 1 heterocycles. The lowest BCUT2D eigenvalue weighted by Crippen LogP contribution is -1.93.